The molecule has 0 fully saturated rings. The van der Waals surface area contributed by atoms with Crippen molar-refractivity contribution < 1.29 is 9.59 Å². The number of fused-ring (bicyclic) bond motifs is 1. The highest BCUT2D eigenvalue weighted by Gasteiger charge is 2.17. The molecule has 0 bridgehead atoms. The number of benzene rings is 1. The molecule has 114 valence electrons. The van der Waals surface area contributed by atoms with Gasteiger partial charge in [-0.05, 0) is 30.7 Å². The Morgan fingerprint density at radius 1 is 1.36 bits per heavy atom. The van der Waals surface area contributed by atoms with E-state index in [1.807, 2.05) is 13.1 Å². The monoisotopic (exact) mass is 298 g/mol. The zero-order chi connectivity index (χ0) is 15.7. The largest absolute Gasteiger partial charge is 0.348 e. The molecule has 0 aliphatic carbocycles. The van der Waals surface area contributed by atoms with Crippen molar-refractivity contribution in [3.63, 3.8) is 0 Å². The highest BCUT2D eigenvalue weighted by Crippen LogP contribution is 2.19. The smallest absolute Gasteiger partial charge is 0.267 e. The van der Waals surface area contributed by atoms with E-state index in [0.29, 0.717) is 25.1 Å². The maximum absolute atomic E-state index is 12.0. The predicted molar refractivity (Wildman–Crippen MR) is 84.3 cm³/mol. The highest BCUT2D eigenvalue weighted by molar-refractivity contribution is 6.39. The third-order valence-corrected chi connectivity index (χ3v) is 3.97. The first-order valence-corrected chi connectivity index (χ1v) is 7.23. The van der Waals surface area contributed by atoms with E-state index in [2.05, 4.69) is 45.5 Å². The molecule has 0 spiro atoms. The van der Waals surface area contributed by atoms with E-state index in [-0.39, 0.29) is 11.8 Å². The summed E-state index contributed by atoms with van der Waals surface area (Å²) in [6.07, 6.45) is 0.691. The van der Waals surface area contributed by atoms with Crippen LogP contribution in [0.5, 0.6) is 0 Å². The fourth-order valence-electron chi connectivity index (χ4n) is 2.57. The first-order valence-electron chi connectivity index (χ1n) is 7.23. The van der Waals surface area contributed by atoms with E-state index >= 15 is 0 Å². The van der Waals surface area contributed by atoms with Crippen LogP contribution >= 0.6 is 0 Å². The summed E-state index contributed by atoms with van der Waals surface area (Å²) < 4.78 is 2.14. The number of hydrogen-bond acceptors (Lipinski definition) is 3. The number of nitrogens with one attached hydrogen (secondary N) is 2. The van der Waals surface area contributed by atoms with E-state index in [1.54, 1.807) is 0 Å². The Balaban J connectivity index is 1.69. The van der Waals surface area contributed by atoms with Gasteiger partial charge in [0.2, 0.25) is 5.91 Å². The number of hydrogen-bond donors (Lipinski definition) is 2. The van der Waals surface area contributed by atoms with Crippen LogP contribution in [-0.4, -0.2) is 22.1 Å². The lowest BCUT2D eigenvalue weighted by molar-refractivity contribution is -0.121. The molecule has 2 amide bonds. The number of carbonyl (C=O) groups excluding carboxylic acids is 2. The van der Waals surface area contributed by atoms with Gasteiger partial charge in [-0.3, -0.25) is 9.59 Å². The van der Waals surface area contributed by atoms with Crippen molar-refractivity contribution >= 4 is 28.4 Å². The fraction of sp³-hybridized carbons (Fsp3) is 0.312. The Morgan fingerprint density at radius 2 is 2.18 bits per heavy atom. The third kappa shape index (κ3) is 2.72. The molecule has 6 nitrogen and oxygen atoms in total. The number of carbonyl (C=O) groups is 2. The Bertz CT molecular complexity index is 789. The molecule has 0 saturated carbocycles. The number of nitrogens with zero attached hydrogens (tertiary/aromatic N) is 2. The molecule has 0 unspecified atom stereocenters. The molecule has 6 heteroatoms. The Morgan fingerprint density at radius 3 is 2.91 bits per heavy atom. The van der Waals surface area contributed by atoms with Crippen molar-refractivity contribution in [2.45, 2.75) is 26.3 Å². The van der Waals surface area contributed by atoms with Gasteiger partial charge in [0.05, 0.1) is 0 Å². The van der Waals surface area contributed by atoms with E-state index in [0.717, 1.165) is 10.9 Å². The van der Waals surface area contributed by atoms with Crippen LogP contribution in [0.25, 0.3) is 10.9 Å². The molecule has 0 atom stereocenters. The summed E-state index contributed by atoms with van der Waals surface area (Å²) in [5, 5.41) is 7.79. The van der Waals surface area contributed by atoms with Gasteiger partial charge < -0.3 is 9.88 Å². The quantitative estimate of drug-likeness (QED) is 0.898. The molecule has 2 aromatic rings. The average molecular weight is 298 g/mol. The van der Waals surface area contributed by atoms with E-state index < -0.39 is 0 Å². The fourth-order valence-corrected chi connectivity index (χ4v) is 2.57. The summed E-state index contributed by atoms with van der Waals surface area (Å²) in [4.78, 5) is 23.0. The van der Waals surface area contributed by atoms with Crippen molar-refractivity contribution in [2.24, 2.45) is 12.1 Å². The summed E-state index contributed by atoms with van der Waals surface area (Å²) in [6.45, 7) is 2.51. The van der Waals surface area contributed by atoms with Gasteiger partial charge in [0.15, 0.2) is 0 Å². The summed E-state index contributed by atoms with van der Waals surface area (Å²) in [6, 6.07) is 8.27. The second-order valence-corrected chi connectivity index (χ2v) is 5.51. The third-order valence-electron chi connectivity index (χ3n) is 3.97. The van der Waals surface area contributed by atoms with Gasteiger partial charge in [0.25, 0.3) is 5.91 Å². The highest BCUT2D eigenvalue weighted by atomic mass is 16.2. The lowest BCUT2D eigenvalue weighted by Gasteiger charge is -2.12. The van der Waals surface area contributed by atoms with Crippen molar-refractivity contribution in [3.8, 4) is 0 Å². The molecule has 3 rings (SSSR count). The summed E-state index contributed by atoms with van der Waals surface area (Å²) in [5.74, 6) is -0.384. The van der Waals surface area contributed by atoms with Gasteiger partial charge in [0.1, 0.15) is 5.71 Å². The van der Waals surface area contributed by atoms with Crippen molar-refractivity contribution in [3.05, 3.63) is 35.5 Å². The minimum absolute atomic E-state index is 0.151. The zero-order valence-electron chi connectivity index (χ0n) is 12.6. The number of aryl methyl sites for hydroxylation is 2. The van der Waals surface area contributed by atoms with Crippen LogP contribution in [0, 0.1) is 6.92 Å². The normalized spacial score (nSPS) is 14.6. The molecule has 0 radical (unpaired) electrons. The number of rotatable bonds is 3. The molecule has 1 aromatic carbocycles. The van der Waals surface area contributed by atoms with Crippen molar-refractivity contribution in [2.75, 3.05) is 0 Å². The van der Waals surface area contributed by atoms with Gasteiger partial charge in [-0.1, -0.05) is 6.07 Å². The number of aromatic nitrogens is 1. The topological polar surface area (TPSA) is 75.5 Å². The van der Waals surface area contributed by atoms with Gasteiger partial charge in [-0.25, -0.2) is 5.43 Å². The van der Waals surface area contributed by atoms with Gasteiger partial charge in [0, 0.05) is 43.0 Å². The Labute approximate surface area is 128 Å². The Hall–Kier alpha value is -2.63. The number of hydrazone groups is 1. The molecule has 1 aliphatic rings. The molecule has 2 heterocycles. The lowest BCUT2D eigenvalue weighted by atomic mass is 10.1. The number of amides is 2. The molecule has 1 aliphatic heterocycles. The minimum atomic E-state index is -0.232. The SMILES string of the molecule is Cc1cc2cc(CNC(=O)C3=NNC(=O)CC3)ccc2n1C. The van der Waals surface area contributed by atoms with Crippen LogP contribution in [-0.2, 0) is 23.2 Å². The first kappa shape index (κ1) is 14.3. The van der Waals surface area contributed by atoms with Crippen LogP contribution in [0.4, 0.5) is 0 Å². The molecule has 2 N–H and O–H groups in total. The second kappa shape index (κ2) is 5.63. The molecule has 0 saturated heterocycles. The van der Waals surface area contributed by atoms with Gasteiger partial charge in [-0.15, -0.1) is 0 Å². The first-order chi connectivity index (χ1) is 10.5. The summed E-state index contributed by atoms with van der Waals surface area (Å²) >= 11 is 0. The van der Waals surface area contributed by atoms with Crippen molar-refractivity contribution in [1.82, 2.24) is 15.3 Å². The maximum atomic E-state index is 12.0. The average Bonchev–Trinajstić information content (AvgIpc) is 2.80. The maximum Gasteiger partial charge on any atom is 0.267 e. The van der Waals surface area contributed by atoms with Crippen LogP contribution in [0.2, 0.25) is 0 Å². The van der Waals surface area contributed by atoms with E-state index in [4.69, 9.17) is 0 Å². The Kier molecular flexibility index (Phi) is 3.66. The minimum Gasteiger partial charge on any atom is -0.348 e. The summed E-state index contributed by atoms with van der Waals surface area (Å²) in [7, 11) is 2.04. The molecular weight excluding hydrogens is 280 g/mol. The van der Waals surface area contributed by atoms with Crippen LogP contribution in [0.3, 0.4) is 0 Å². The van der Waals surface area contributed by atoms with Crippen molar-refractivity contribution in [1.29, 1.82) is 0 Å². The lowest BCUT2D eigenvalue weighted by Crippen LogP contribution is -2.36. The molecule has 1 aromatic heterocycles. The van der Waals surface area contributed by atoms with Crippen LogP contribution < -0.4 is 10.7 Å². The molecular formula is C16H18N4O2. The zero-order valence-corrected chi connectivity index (χ0v) is 12.6. The standard InChI is InChI=1S/C16H18N4O2/c1-10-7-12-8-11(3-5-14(12)20(10)2)9-17-16(22)13-4-6-15(21)19-18-13/h3,5,7-8H,4,6,9H2,1-2H3,(H,17,22)(H,19,21). The van der Waals surface area contributed by atoms with Gasteiger partial charge in [-0.2, -0.15) is 5.10 Å². The predicted octanol–water partition coefficient (Wildman–Crippen LogP) is 1.37. The van der Waals surface area contributed by atoms with E-state index in [1.165, 1.54) is 11.2 Å². The van der Waals surface area contributed by atoms with E-state index in [9.17, 15) is 9.59 Å². The molecule has 22 heavy (non-hydrogen) atoms. The van der Waals surface area contributed by atoms with Gasteiger partial charge >= 0.3 is 0 Å². The van der Waals surface area contributed by atoms with Crippen LogP contribution in [0.1, 0.15) is 24.1 Å². The van der Waals surface area contributed by atoms with Crippen LogP contribution in [0.15, 0.2) is 29.4 Å². The summed E-state index contributed by atoms with van der Waals surface area (Å²) in [5.41, 5.74) is 6.11. The second-order valence-electron chi connectivity index (χ2n) is 5.51.